The molecule has 0 saturated carbocycles. The highest BCUT2D eigenvalue weighted by atomic mass is 35.5. The van der Waals surface area contributed by atoms with Gasteiger partial charge in [0.05, 0.1) is 10.6 Å². The lowest BCUT2D eigenvalue weighted by Crippen LogP contribution is -2.34. The van der Waals surface area contributed by atoms with Gasteiger partial charge in [0, 0.05) is 24.4 Å². The van der Waals surface area contributed by atoms with Gasteiger partial charge in [-0.1, -0.05) is 59.3 Å². The summed E-state index contributed by atoms with van der Waals surface area (Å²) in [5, 5.41) is 0.614. The summed E-state index contributed by atoms with van der Waals surface area (Å²) >= 11 is 7.55. The second kappa shape index (κ2) is 6.17. The number of aromatic nitrogens is 1. The van der Waals surface area contributed by atoms with Crippen LogP contribution in [0.25, 0.3) is 0 Å². The van der Waals surface area contributed by atoms with Crippen molar-refractivity contribution < 1.29 is 4.79 Å². The van der Waals surface area contributed by atoms with Crippen molar-refractivity contribution in [3.8, 4) is 0 Å². The predicted octanol–water partition coefficient (Wildman–Crippen LogP) is 4.30. The van der Waals surface area contributed by atoms with Gasteiger partial charge < -0.3 is 0 Å². The molecule has 126 valence electrons. The number of hydrogen-bond acceptors (Lipinski definition) is 3. The zero-order valence-corrected chi connectivity index (χ0v) is 15.1. The number of amides is 1. The molecule has 0 fully saturated rings. The molecule has 1 amide bonds. The lowest BCUT2D eigenvalue weighted by atomic mass is 9.90. The molecule has 1 unspecified atom stereocenters. The van der Waals surface area contributed by atoms with E-state index in [2.05, 4.69) is 0 Å². The Hall–Kier alpha value is -2.37. The van der Waals surface area contributed by atoms with Crippen LogP contribution in [0.3, 0.4) is 0 Å². The van der Waals surface area contributed by atoms with Crippen LogP contribution in [-0.4, -0.2) is 10.5 Å². The smallest absolute Gasteiger partial charge is 0.288 e. The Morgan fingerprint density at radius 2 is 1.72 bits per heavy atom. The summed E-state index contributed by atoms with van der Waals surface area (Å²) in [6.45, 7) is 0. The van der Waals surface area contributed by atoms with Gasteiger partial charge in [-0.3, -0.25) is 19.1 Å². The van der Waals surface area contributed by atoms with E-state index < -0.39 is 0 Å². The number of fused-ring (bicyclic) bond motifs is 1. The molecule has 0 aliphatic carbocycles. The Morgan fingerprint density at radius 1 is 1.04 bits per heavy atom. The van der Waals surface area contributed by atoms with Crippen LogP contribution >= 0.6 is 22.9 Å². The Morgan fingerprint density at radius 3 is 2.44 bits per heavy atom. The number of halogens is 1. The Balaban J connectivity index is 1.94. The molecule has 1 aliphatic heterocycles. The van der Waals surface area contributed by atoms with E-state index in [1.165, 1.54) is 11.3 Å². The number of benzene rings is 2. The van der Waals surface area contributed by atoms with E-state index >= 15 is 0 Å². The second-order valence-electron chi connectivity index (χ2n) is 5.96. The fraction of sp³-hybridized carbons (Fsp3) is 0.158. The SMILES string of the molecule is Cn1c2c(sc1=O)C(c1ccccc1Cl)CC(=O)N2c1ccccc1. The molecule has 4 nitrogen and oxygen atoms in total. The van der Waals surface area contributed by atoms with Crippen LogP contribution < -0.4 is 9.77 Å². The quantitative estimate of drug-likeness (QED) is 0.675. The lowest BCUT2D eigenvalue weighted by molar-refractivity contribution is -0.118. The topological polar surface area (TPSA) is 42.3 Å². The molecule has 2 heterocycles. The van der Waals surface area contributed by atoms with Crippen molar-refractivity contribution in [3.63, 3.8) is 0 Å². The molecule has 25 heavy (non-hydrogen) atoms. The Bertz CT molecular complexity index is 1010. The number of para-hydroxylation sites is 1. The second-order valence-corrected chi connectivity index (χ2v) is 7.36. The molecule has 3 aromatic rings. The summed E-state index contributed by atoms with van der Waals surface area (Å²) in [6, 6.07) is 16.9. The number of carbonyl (C=O) groups excluding carboxylic acids is 1. The highest BCUT2D eigenvalue weighted by molar-refractivity contribution is 7.10. The summed E-state index contributed by atoms with van der Waals surface area (Å²) in [5.74, 6) is 0.398. The minimum absolute atomic E-state index is 0.0444. The minimum atomic E-state index is -0.199. The highest BCUT2D eigenvalue weighted by Crippen LogP contribution is 2.45. The van der Waals surface area contributed by atoms with Crippen molar-refractivity contribution in [3.05, 3.63) is 79.7 Å². The third-order valence-corrected chi connectivity index (χ3v) is 5.94. The molecule has 0 radical (unpaired) electrons. The third kappa shape index (κ3) is 2.60. The summed E-state index contributed by atoms with van der Waals surface area (Å²) in [7, 11) is 1.70. The molecule has 1 aromatic heterocycles. The maximum absolute atomic E-state index is 13.0. The molecule has 1 aliphatic rings. The molecule has 0 N–H and O–H groups in total. The maximum Gasteiger partial charge on any atom is 0.308 e. The van der Waals surface area contributed by atoms with Crippen molar-refractivity contribution in [1.29, 1.82) is 0 Å². The molecule has 4 rings (SSSR count). The van der Waals surface area contributed by atoms with Gasteiger partial charge in [0.25, 0.3) is 0 Å². The fourth-order valence-corrected chi connectivity index (χ4v) is 4.63. The first-order chi connectivity index (χ1) is 12.1. The van der Waals surface area contributed by atoms with Gasteiger partial charge in [-0.25, -0.2) is 0 Å². The largest absolute Gasteiger partial charge is 0.308 e. The van der Waals surface area contributed by atoms with Gasteiger partial charge in [0.15, 0.2) is 0 Å². The van der Waals surface area contributed by atoms with Crippen LogP contribution in [0.15, 0.2) is 59.4 Å². The monoisotopic (exact) mass is 370 g/mol. The first kappa shape index (κ1) is 16.1. The third-order valence-electron chi connectivity index (χ3n) is 4.46. The number of anilines is 2. The van der Waals surface area contributed by atoms with E-state index in [0.717, 1.165) is 16.1 Å². The van der Waals surface area contributed by atoms with E-state index in [0.29, 0.717) is 10.8 Å². The molecular formula is C19H15ClN2O2S. The number of nitrogens with zero attached hydrogens (tertiary/aromatic N) is 2. The van der Waals surface area contributed by atoms with E-state index in [4.69, 9.17) is 11.6 Å². The van der Waals surface area contributed by atoms with Crippen LogP contribution in [-0.2, 0) is 11.8 Å². The number of rotatable bonds is 2. The van der Waals surface area contributed by atoms with Crippen LogP contribution in [0.5, 0.6) is 0 Å². The summed E-state index contributed by atoms with van der Waals surface area (Å²) < 4.78 is 1.55. The Kier molecular flexibility index (Phi) is 3.98. The van der Waals surface area contributed by atoms with Gasteiger partial charge >= 0.3 is 4.87 Å². The average molecular weight is 371 g/mol. The van der Waals surface area contributed by atoms with Crippen molar-refractivity contribution in [1.82, 2.24) is 4.57 Å². The lowest BCUT2D eigenvalue weighted by Gasteiger charge is -2.32. The van der Waals surface area contributed by atoms with E-state index in [1.54, 1.807) is 16.5 Å². The van der Waals surface area contributed by atoms with E-state index in [9.17, 15) is 9.59 Å². The van der Waals surface area contributed by atoms with E-state index in [-0.39, 0.29) is 23.1 Å². The molecule has 1 atom stereocenters. The molecule has 6 heteroatoms. The summed E-state index contributed by atoms with van der Waals surface area (Å²) in [5.41, 5.74) is 1.65. The van der Waals surface area contributed by atoms with Crippen LogP contribution in [0.2, 0.25) is 5.02 Å². The van der Waals surface area contributed by atoms with Gasteiger partial charge in [0.2, 0.25) is 5.91 Å². The first-order valence-corrected chi connectivity index (χ1v) is 9.09. The predicted molar refractivity (Wildman–Crippen MR) is 101 cm³/mol. The van der Waals surface area contributed by atoms with Crippen LogP contribution in [0, 0.1) is 0 Å². The Labute approximate surface area is 153 Å². The maximum atomic E-state index is 13.0. The van der Waals surface area contributed by atoms with Crippen molar-refractivity contribution in [2.75, 3.05) is 4.90 Å². The number of carbonyl (C=O) groups is 1. The van der Waals surface area contributed by atoms with Gasteiger partial charge in [-0.2, -0.15) is 0 Å². The zero-order chi connectivity index (χ0) is 17.6. The van der Waals surface area contributed by atoms with Crippen molar-refractivity contribution in [2.45, 2.75) is 12.3 Å². The molecule has 0 spiro atoms. The van der Waals surface area contributed by atoms with Gasteiger partial charge in [-0.15, -0.1) is 0 Å². The average Bonchev–Trinajstić information content (AvgIpc) is 2.91. The molecule has 2 aromatic carbocycles. The van der Waals surface area contributed by atoms with Crippen LogP contribution in [0.4, 0.5) is 11.5 Å². The highest BCUT2D eigenvalue weighted by Gasteiger charge is 2.37. The van der Waals surface area contributed by atoms with E-state index in [1.807, 2.05) is 54.6 Å². The normalized spacial score (nSPS) is 16.8. The molecule has 0 saturated heterocycles. The molecule has 0 bridgehead atoms. The van der Waals surface area contributed by atoms with Crippen molar-refractivity contribution >= 4 is 40.4 Å². The summed E-state index contributed by atoms with van der Waals surface area (Å²) in [6.07, 6.45) is 0.283. The van der Waals surface area contributed by atoms with Gasteiger partial charge in [-0.05, 0) is 23.8 Å². The molecular weight excluding hydrogens is 356 g/mol. The summed E-state index contributed by atoms with van der Waals surface area (Å²) in [4.78, 5) is 27.8. The minimum Gasteiger partial charge on any atom is -0.288 e. The number of thiazole rings is 1. The fourth-order valence-electron chi connectivity index (χ4n) is 3.28. The van der Waals surface area contributed by atoms with Gasteiger partial charge in [0.1, 0.15) is 5.82 Å². The zero-order valence-electron chi connectivity index (χ0n) is 13.5. The standard InChI is InChI=1S/C19H15ClN2O2S/c1-21-18-17(25-19(21)24)14(13-9-5-6-10-15(13)20)11-16(23)22(18)12-7-3-2-4-8-12/h2-10,14H,11H2,1H3. The van der Waals surface area contributed by atoms with Crippen molar-refractivity contribution in [2.24, 2.45) is 7.05 Å². The van der Waals surface area contributed by atoms with Crippen LogP contribution in [0.1, 0.15) is 22.8 Å². The first-order valence-electron chi connectivity index (χ1n) is 7.90. The number of hydrogen-bond donors (Lipinski definition) is 0.